The molecule has 2 rings (SSSR count). The Morgan fingerprint density at radius 3 is 2.50 bits per heavy atom. The minimum absolute atomic E-state index is 0.0807. The maximum absolute atomic E-state index is 12.1. The molecule has 20 heavy (non-hydrogen) atoms. The van der Waals surface area contributed by atoms with Gasteiger partial charge in [0.2, 0.25) is 11.8 Å². The quantitative estimate of drug-likeness (QED) is 0.601. The van der Waals surface area contributed by atoms with Gasteiger partial charge in [-0.1, -0.05) is 11.6 Å². The number of hydrogen-bond acceptors (Lipinski definition) is 5. The lowest BCUT2D eigenvalue weighted by molar-refractivity contribution is 0.397. The summed E-state index contributed by atoms with van der Waals surface area (Å²) in [5.41, 5.74) is 0. The Bertz CT molecular complexity index is 722. The van der Waals surface area contributed by atoms with E-state index < -0.39 is 10.0 Å². The van der Waals surface area contributed by atoms with E-state index in [-0.39, 0.29) is 21.9 Å². The summed E-state index contributed by atoms with van der Waals surface area (Å²) >= 11 is 7.85. The smallest absolute Gasteiger partial charge is 0.264 e. The van der Waals surface area contributed by atoms with Gasteiger partial charge < -0.3 is 4.74 Å². The summed E-state index contributed by atoms with van der Waals surface area (Å²) in [5, 5.41) is 0.0807. The molecule has 0 amide bonds. The van der Waals surface area contributed by atoms with Crippen LogP contribution in [0, 0.1) is 3.57 Å². The summed E-state index contributed by atoms with van der Waals surface area (Å²) in [5.74, 6) is 0.0261. The van der Waals surface area contributed by atoms with Crippen LogP contribution in [0.25, 0.3) is 0 Å². The first-order valence-electron chi connectivity index (χ1n) is 5.28. The fourth-order valence-electron chi connectivity index (χ4n) is 1.34. The number of ether oxygens (including phenoxy) is 1. The molecule has 0 aliphatic rings. The lowest BCUT2D eigenvalue weighted by Gasteiger charge is -2.08. The van der Waals surface area contributed by atoms with Crippen molar-refractivity contribution in [1.29, 1.82) is 0 Å². The molecule has 0 atom stereocenters. The Morgan fingerprint density at radius 1 is 1.25 bits per heavy atom. The fourth-order valence-corrected chi connectivity index (χ4v) is 2.82. The van der Waals surface area contributed by atoms with E-state index >= 15 is 0 Å². The van der Waals surface area contributed by atoms with E-state index in [1.807, 2.05) is 0 Å². The Kier molecular flexibility index (Phi) is 4.66. The molecule has 1 aromatic heterocycles. The molecule has 0 saturated carbocycles. The average molecular weight is 426 g/mol. The lowest BCUT2D eigenvalue weighted by atomic mass is 10.4. The van der Waals surface area contributed by atoms with Gasteiger partial charge in [-0.05, 0) is 46.9 Å². The highest BCUT2D eigenvalue weighted by Gasteiger charge is 2.16. The third-order valence-electron chi connectivity index (χ3n) is 2.23. The zero-order chi connectivity index (χ0) is 14.8. The van der Waals surface area contributed by atoms with Crippen LogP contribution in [-0.4, -0.2) is 25.5 Å². The molecule has 2 aromatic rings. The highest BCUT2D eigenvalue weighted by molar-refractivity contribution is 14.1. The van der Waals surface area contributed by atoms with Crippen LogP contribution in [0.1, 0.15) is 0 Å². The molecule has 0 spiro atoms. The maximum Gasteiger partial charge on any atom is 0.264 e. The summed E-state index contributed by atoms with van der Waals surface area (Å²) in [6.07, 6.45) is 0. The Balaban J connectivity index is 2.33. The first kappa shape index (κ1) is 15.3. The summed E-state index contributed by atoms with van der Waals surface area (Å²) in [7, 11) is -2.37. The maximum atomic E-state index is 12.1. The fraction of sp³-hybridized carbons (Fsp3) is 0.0909. The molecule has 106 valence electrons. The number of rotatable bonds is 4. The molecule has 9 heteroatoms. The highest BCUT2D eigenvalue weighted by Crippen LogP contribution is 2.19. The predicted molar refractivity (Wildman–Crippen MR) is 83.6 cm³/mol. The molecule has 0 radical (unpaired) electrons. The predicted octanol–water partition coefficient (Wildman–Crippen LogP) is 2.54. The van der Waals surface area contributed by atoms with Crippen molar-refractivity contribution < 1.29 is 13.2 Å². The van der Waals surface area contributed by atoms with E-state index in [1.54, 1.807) is 12.1 Å². The number of aromatic nitrogens is 2. The van der Waals surface area contributed by atoms with Crippen molar-refractivity contribution in [2.75, 3.05) is 11.8 Å². The van der Waals surface area contributed by atoms with Crippen LogP contribution in [0.4, 0.5) is 5.95 Å². The molecule has 0 unspecified atom stereocenters. The van der Waals surface area contributed by atoms with Gasteiger partial charge in [-0.3, -0.25) is 0 Å². The van der Waals surface area contributed by atoms with Crippen molar-refractivity contribution in [1.82, 2.24) is 9.97 Å². The number of hydrogen-bond donors (Lipinski definition) is 1. The number of benzene rings is 1. The largest absolute Gasteiger partial charge is 0.481 e. The van der Waals surface area contributed by atoms with E-state index in [0.29, 0.717) is 0 Å². The van der Waals surface area contributed by atoms with Crippen molar-refractivity contribution in [3.8, 4) is 5.88 Å². The van der Waals surface area contributed by atoms with Crippen molar-refractivity contribution in [3.63, 3.8) is 0 Å². The average Bonchev–Trinajstić information content (AvgIpc) is 2.37. The van der Waals surface area contributed by atoms with E-state index in [2.05, 4.69) is 37.3 Å². The standard InChI is InChI=1S/C11H9ClIN3O3S/c1-19-10-6-9(12)14-11(15-10)16-20(17,18)8-4-2-7(13)3-5-8/h2-6H,1H3,(H,14,15,16). The van der Waals surface area contributed by atoms with Gasteiger partial charge in [-0.15, -0.1) is 0 Å². The summed E-state index contributed by atoms with van der Waals surface area (Å²) in [6, 6.07) is 7.74. The van der Waals surface area contributed by atoms with Gasteiger partial charge in [0.1, 0.15) is 5.15 Å². The first-order valence-corrected chi connectivity index (χ1v) is 8.21. The Morgan fingerprint density at radius 2 is 1.90 bits per heavy atom. The van der Waals surface area contributed by atoms with Gasteiger partial charge in [0, 0.05) is 9.64 Å². The molecule has 0 aliphatic heterocycles. The van der Waals surface area contributed by atoms with Crippen molar-refractivity contribution in [2.45, 2.75) is 4.90 Å². The minimum atomic E-state index is -3.76. The van der Waals surface area contributed by atoms with Crippen LogP contribution in [0.3, 0.4) is 0 Å². The van der Waals surface area contributed by atoms with Crippen LogP contribution in [0.2, 0.25) is 5.15 Å². The molecule has 6 nitrogen and oxygen atoms in total. The van der Waals surface area contributed by atoms with Gasteiger partial charge >= 0.3 is 0 Å². The van der Waals surface area contributed by atoms with Crippen LogP contribution < -0.4 is 9.46 Å². The van der Waals surface area contributed by atoms with Crippen molar-refractivity contribution in [2.24, 2.45) is 0 Å². The zero-order valence-electron chi connectivity index (χ0n) is 10.2. The SMILES string of the molecule is COc1cc(Cl)nc(NS(=O)(=O)c2ccc(I)cc2)n1. The van der Waals surface area contributed by atoms with Crippen LogP contribution >= 0.6 is 34.2 Å². The molecule has 0 aliphatic carbocycles. The van der Waals surface area contributed by atoms with Crippen LogP contribution in [0.5, 0.6) is 5.88 Å². The lowest BCUT2D eigenvalue weighted by Crippen LogP contribution is -2.15. The van der Waals surface area contributed by atoms with E-state index in [4.69, 9.17) is 16.3 Å². The first-order chi connectivity index (χ1) is 9.40. The number of nitrogens with zero attached hydrogens (tertiary/aromatic N) is 2. The van der Waals surface area contributed by atoms with Crippen LogP contribution in [0.15, 0.2) is 35.2 Å². The van der Waals surface area contributed by atoms with Gasteiger partial charge in [0.05, 0.1) is 12.0 Å². The highest BCUT2D eigenvalue weighted by atomic mass is 127. The summed E-state index contributed by atoms with van der Waals surface area (Å²) in [6.45, 7) is 0. The minimum Gasteiger partial charge on any atom is -0.481 e. The van der Waals surface area contributed by atoms with E-state index in [9.17, 15) is 8.42 Å². The van der Waals surface area contributed by atoms with Gasteiger partial charge in [-0.2, -0.15) is 4.98 Å². The third kappa shape index (κ3) is 3.70. The second-order valence-corrected chi connectivity index (χ2v) is 6.93. The summed E-state index contributed by atoms with van der Waals surface area (Å²) in [4.78, 5) is 7.77. The molecule has 0 saturated heterocycles. The third-order valence-corrected chi connectivity index (χ3v) is 4.49. The molecule has 1 heterocycles. The molecule has 0 bridgehead atoms. The Labute approximate surface area is 134 Å². The van der Waals surface area contributed by atoms with Crippen molar-refractivity contribution in [3.05, 3.63) is 39.1 Å². The number of sulfonamides is 1. The summed E-state index contributed by atoms with van der Waals surface area (Å²) < 4.78 is 32.4. The second kappa shape index (κ2) is 6.10. The molecular weight excluding hydrogens is 417 g/mol. The van der Waals surface area contributed by atoms with Crippen molar-refractivity contribution >= 4 is 50.2 Å². The second-order valence-electron chi connectivity index (χ2n) is 3.62. The van der Waals surface area contributed by atoms with Gasteiger partial charge in [0.25, 0.3) is 10.0 Å². The molecule has 1 aromatic carbocycles. The molecule has 1 N–H and O–H groups in total. The number of nitrogens with one attached hydrogen (secondary N) is 1. The Hall–Kier alpha value is -1.13. The number of methoxy groups -OCH3 is 1. The number of halogens is 2. The van der Waals surface area contributed by atoms with E-state index in [1.165, 1.54) is 25.3 Å². The normalized spacial score (nSPS) is 11.2. The molecule has 0 fully saturated rings. The van der Waals surface area contributed by atoms with Crippen LogP contribution in [-0.2, 0) is 10.0 Å². The molecular formula is C11H9ClIN3O3S. The monoisotopic (exact) mass is 425 g/mol. The van der Waals surface area contributed by atoms with Gasteiger partial charge in [-0.25, -0.2) is 18.1 Å². The number of anilines is 1. The van der Waals surface area contributed by atoms with Gasteiger partial charge in [0.15, 0.2) is 0 Å². The van der Waals surface area contributed by atoms with E-state index in [0.717, 1.165) is 3.57 Å². The zero-order valence-corrected chi connectivity index (χ0v) is 13.9. The topological polar surface area (TPSA) is 81.2 Å².